The number of carbonyl (C=O) groups is 3. The molecular weight excluding hydrogens is 745 g/mol. The number of carbonyl (C=O) groups excluding carboxylic acids is 3. The number of allylic oxidation sites excluding steroid dienone is 12. The van der Waals surface area contributed by atoms with Gasteiger partial charge in [-0.2, -0.15) is 0 Å². The molecule has 0 rings (SSSR count). The molecular formula is C54H92O6. The highest BCUT2D eigenvalue weighted by Crippen LogP contribution is 2.14. The SMILES string of the molecule is CC/C=C\C/C=C\C/C=C\C/C=C\C/C=C\CCCC(=O)OCC(COC(=O)CCCCCCCCCCCCC)OC(=O)CCCCC/C=C\CCCCCCCCC. The second kappa shape index (κ2) is 48.5. The third-order valence-electron chi connectivity index (χ3n) is 10.4. The van der Waals surface area contributed by atoms with Gasteiger partial charge in [0.2, 0.25) is 0 Å². The van der Waals surface area contributed by atoms with Crippen LogP contribution >= 0.6 is 0 Å². The normalized spacial score (nSPS) is 12.7. The van der Waals surface area contributed by atoms with Crippen molar-refractivity contribution in [1.82, 2.24) is 0 Å². The molecule has 0 heterocycles. The fourth-order valence-corrected chi connectivity index (χ4v) is 6.71. The van der Waals surface area contributed by atoms with Gasteiger partial charge in [-0.1, -0.05) is 203 Å². The van der Waals surface area contributed by atoms with Gasteiger partial charge in [0.25, 0.3) is 0 Å². The van der Waals surface area contributed by atoms with E-state index < -0.39 is 6.10 Å². The number of ether oxygens (including phenoxy) is 3. The van der Waals surface area contributed by atoms with Crippen LogP contribution in [0, 0.1) is 0 Å². The fourth-order valence-electron chi connectivity index (χ4n) is 6.71. The molecule has 0 aromatic carbocycles. The fraction of sp³-hybridized carbons (Fsp3) is 0.722. The Morgan fingerprint density at radius 3 is 1.12 bits per heavy atom. The lowest BCUT2D eigenvalue weighted by Crippen LogP contribution is -2.30. The predicted molar refractivity (Wildman–Crippen MR) is 256 cm³/mol. The molecule has 344 valence electrons. The summed E-state index contributed by atoms with van der Waals surface area (Å²) in [5, 5.41) is 0. The van der Waals surface area contributed by atoms with Crippen LogP contribution in [0.4, 0.5) is 0 Å². The van der Waals surface area contributed by atoms with Crippen LogP contribution in [0.25, 0.3) is 0 Å². The smallest absolute Gasteiger partial charge is 0.306 e. The minimum absolute atomic E-state index is 0.0978. The van der Waals surface area contributed by atoms with Crippen molar-refractivity contribution in [3.8, 4) is 0 Å². The summed E-state index contributed by atoms with van der Waals surface area (Å²) >= 11 is 0. The monoisotopic (exact) mass is 837 g/mol. The van der Waals surface area contributed by atoms with E-state index in [4.69, 9.17) is 14.2 Å². The Hall–Kier alpha value is -3.15. The Bertz CT molecular complexity index is 1140. The number of unbranched alkanes of at least 4 members (excludes halogenated alkanes) is 21. The lowest BCUT2D eigenvalue weighted by molar-refractivity contribution is -0.167. The molecule has 0 radical (unpaired) electrons. The molecule has 0 aliphatic rings. The highest BCUT2D eigenvalue weighted by atomic mass is 16.6. The molecule has 0 bridgehead atoms. The van der Waals surface area contributed by atoms with E-state index in [9.17, 15) is 14.4 Å². The van der Waals surface area contributed by atoms with Crippen LogP contribution in [0.15, 0.2) is 72.9 Å². The topological polar surface area (TPSA) is 78.9 Å². The molecule has 0 aromatic heterocycles. The first-order valence-corrected chi connectivity index (χ1v) is 24.9. The van der Waals surface area contributed by atoms with Gasteiger partial charge in [-0.25, -0.2) is 0 Å². The molecule has 0 N–H and O–H groups in total. The van der Waals surface area contributed by atoms with Crippen molar-refractivity contribution < 1.29 is 28.6 Å². The van der Waals surface area contributed by atoms with E-state index in [0.717, 1.165) is 89.9 Å². The standard InChI is InChI=1S/C54H92O6/c1-4-7-10-13-16-19-22-24-26-27-28-30-32-35-38-41-44-47-53(56)59-50-51(49-58-52(55)46-43-40-37-34-31-21-18-15-12-9-6-3)60-54(57)48-45-42-39-36-33-29-25-23-20-17-14-11-8-5-2/h7,10,16,19,24,26,28-30,33,35,38,51H,4-6,8-9,11-15,17-18,20-23,25,27,31-32,34,36-37,39-50H2,1-3H3/b10-7-,19-16-,26-24-,30-28-,33-29-,38-35-. The van der Waals surface area contributed by atoms with Crippen LogP contribution < -0.4 is 0 Å². The molecule has 1 atom stereocenters. The highest BCUT2D eigenvalue weighted by molar-refractivity contribution is 5.71. The average Bonchev–Trinajstić information content (AvgIpc) is 3.24. The largest absolute Gasteiger partial charge is 0.462 e. The summed E-state index contributed by atoms with van der Waals surface area (Å²) in [4.78, 5) is 37.9. The van der Waals surface area contributed by atoms with Crippen molar-refractivity contribution in [2.45, 2.75) is 239 Å². The Kier molecular flexibility index (Phi) is 46.0. The van der Waals surface area contributed by atoms with Crippen LogP contribution in [0.2, 0.25) is 0 Å². The zero-order valence-corrected chi connectivity index (χ0v) is 39.2. The van der Waals surface area contributed by atoms with Gasteiger partial charge >= 0.3 is 17.9 Å². The van der Waals surface area contributed by atoms with Crippen molar-refractivity contribution in [2.75, 3.05) is 13.2 Å². The van der Waals surface area contributed by atoms with Crippen molar-refractivity contribution in [1.29, 1.82) is 0 Å². The number of hydrogen-bond donors (Lipinski definition) is 0. The molecule has 0 fully saturated rings. The molecule has 0 amide bonds. The van der Waals surface area contributed by atoms with Crippen molar-refractivity contribution in [3.63, 3.8) is 0 Å². The van der Waals surface area contributed by atoms with Gasteiger partial charge in [0, 0.05) is 19.3 Å². The van der Waals surface area contributed by atoms with Gasteiger partial charge in [0.05, 0.1) is 0 Å². The van der Waals surface area contributed by atoms with Gasteiger partial charge in [0.15, 0.2) is 6.10 Å². The van der Waals surface area contributed by atoms with E-state index >= 15 is 0 Å². The van der Waals surface area contributed by atoms with Crippen LogP contribution in [-0.4, -0.2) is 37.2 Å². The zero-order chi connectivity index (χ0) is 43.7. The van der Waals surface area contributed by atoms with E-state index in [1.54, 1.807) is 0 Å². The van der Waals surface area contributed by atoms with Gasteiger partial charge in [-0.05, 0) is 83.5 Å². The van der Waals surface area contributed by atoms with Crippen molar-refractivity contribution in [3.05, 3.63) is 72.9 Å². The van der Waals surface area contributed by atoms with Gasteiger partial charge in [-0.15, -0.1) is 0 Å². The lowest BCUT2D eigenvalue weighted by Gasteiger charge is -2.18. The zero-order valence-electron chi connectivity index (χ0n) is 39.2. The third kappa shape index (κ3) is 45.9. The Morgan fingerprint density at radius 2 is 0.667 bits per heavy atom. The van der Waals surface area contributed by atoms with Crippen LogP contribution in [0.5, 0.6) is 0 Å². The summed E-state index contributed by atoms with van der Waals surface area (Å²) in [6, 6.07) is 0. The van der Waals surface area contributed by atoms with Crippen molar-refractivity contribution >= 4 is 17.9 Å². The quantitative estimate of drug-likeness (QED) is 0.0263. The second-order valence-electron chi connectivity index (χ2n) is 16.3. The Labute approximate surface area is 370 Å². The third-order valence-corrected chi connectivity index (χ3v) is 10.4. The lowest BCUT2D eigenvalue weighted by atomic mass is 10.1. The van der Waals surface area contributed by atoms with Crippen molar-refractivity contribution in [2.24, 2.45) is 0 Å². The number of hydrogen-bond acceptors (Lipinski definition) is 6. The molecule has 0 aliphatic carbocycles. The van der Waals surface area contributed by atoms with Gasteiger partial charge < -0.3 is 14.2 Å². The van der Waals surface area contributed by atoms with E-state index in [1.165, 1.54) is 96.3 Å². The minimum atomic E-state index is -0.803. The summed E-state index contributed by atoms with van der Waals surface area (Å²) in [6.07, 6.45) is 60.3. The first-order chi connectivity index (χ1) is 29.5. The molecule has 6 heteroatoms. The predicted octanol–water partition coefficient (Wildman–Crippen LogP) is 16.3. The Morgan fingerprint density at radius 1 is 0.350 bits per heavy atom. The first-order valence-electron chi connectivity index (χ1n) is 24.9. The molecule has 0 saturated carbocycles. The number of esters is 3. The molecule has 0 spiro atoms. The summed E-state index contributed by atoms with van der Waals surface area (Å²) in [6.45, 7) is 6.45. The maximum atomic E-state index is 12.8. The van der Waals surface area contributed by atoms with Gasteiger partial charge in [0.1, 0.15) is 13.2 Å². The van der Waals surface area contributed by atoms with E-state index in [-0.39, 0.29) is 37.5 Å². The highest BCUT2D eigenvalue weighted by Gasteiger charge is 2.19. The van der Waals surface area contributed by atoms with E-state index in [0.29, 0.717) is 19.3 Å². The van der Waals surface area contributed by atoms with Crippen LogP contribution in [-0.2, 0) is 28.6 Å². The summed E-state index contributed by atoms with van der Waals surface area (Å²) < 4.78 is 16.7. The molecule has 0 saturated heterocycles. The summed E-state index contributed by atoms with van der Waals surface area (Å²) in [5.41, 5.74) is 0. The van der Waals surface area contributed by atoms with Gasteiger partial charge in [-0.3, -0.25) is 14.4 Å². The maximum absolute atomic E-state index is 12.8. The molecule has 6 nitrogen and oxygen atoms in total. The van der Waals surface area contributed by atoms with E-state index in [1.807, 2.05) is 0 Å². The van der Waals surface area contributed by atoms with Crippen LogP contribution in [0.1, 0.15) is 233 Å². The number of rotatable bonds is 44. The average molecular weight is 837 g/mol. The van der Waals surface area contributed by atoms with E-state index in [2.05, 4.69) is 93.7 Å². The molecule has 1 unspecified atom stereocenters. The molecule has 60 heavy (non-hydrogen) atoms. The second-order valence-corrected chi connectivity index (χ2v) is 16.3. The first kappa shape index (κ1) is 56.9. The molecule has 0 aromatic rings. The Balaban J connectivity index is 4.48. The van der Waals surface area contributed by atoms with Crippen LogP contribution in [0.3, 0.4) is 0 Å². The minimum Gasteiger partial charge on any atom is -0.462 e. The molecule has 0 aliphatic heterocycles. The maximum Gasteiger partial charge on any atom is 0.306 e. The summed E-state index contributed by atoms with van der Waals surface area (Å²) in [7, 11) is 0. The summed E-state index contributed by atoms with van der Waals surface area (Å²) in [5.74, 6) is -0.976.